The van der Waals surface area contributed by atoms with Crippen LogP contribution < -0.4 is 20.1 Å². The first kappa shape index (κ1) is 15.0. The van der Waals surface area contributed by atoms with Gasteiger partial charge >= 0.3 is 6.61 Å². The van der Waals surface area contributed by atoms with E-state index in [0.717, 1.165) is 0 Å². The zero-order valence-corrected chi connectivity index (χ0v) is 11.0. The average molecular weight is 273 g/mol. The van der Waals surface area contributed by atoms with E-state index < -0.39 is 6.61 Å². The predicted molar refractivity (Wildman–Crippen MR) is 68.9 cm³/mol. The molecule has 0 atom stereocenters. The summed E-state index contributed by atoms with van der Waals surface area (Å²) in [7, 11) is 4.78. The van der Waals surface area contributed by atoms with Crippen molar-refractivity contribution >= 4 is 5.96 Å². The Bertz CT molecular complexity index is 439. The molecule has 0 radical (unpaired) electrons. The quantitative estimate of drug-likeness (QED) is 0.632. The fourth-order valence-corrected chi connectivity index (χ4v) is 1.47. The van der Waals surface area contributed by atoms with Gasteiger partial charge in [-0.25, -0.2) is 0 Å². The Morgan fingerprint density at radius 3 is 2.68 bits per heavy atom. The lowest BCUT2D eigenvalue weighted by Crippen LogP contribution is -2.34. The molecule has 19 heavy (non-hydrogen) atoms. The lowest BCUT2D eigenvalue weighted by molar-refractivity contribution is -0.0505. The molecule has 0 bridgehead atoms. The second kappa shape index (κ2) is 7.40. The van der Waals surface area contributed by atoms with E-state index in [1.165, 1.54) is 13.2 Å². The van der Waals surface area contributed by atoms with Crippen LogP contribution in [-0.4, -0.2) is 33.8 Å². The maximum atomic E-state index is 12.3. The molecule has 106 valence electrons. The van der Waals surface area contributed by atoms with Crippen LogP contribution in [0.1, 0.15) is 5.56 Å². The Hall–Kier alpha value is -2.05. The van der Waals surface area contributed by atoms with Crippen molar-refractivity contribution in [3.8, 4) is 11.5 Å². The Morgan fingerprint density at radius 1 is 1.42 bits per heavy atom. The predicted octanol–water partition coefficient (Wildman–Crippen LogP) is 1.59. The number of benzene rings is 1. The van der Waals surface area contributed by atoms with Gasteiger partial charge in [-0.2, -0.15) is 8.78 Å². The van der Waals surface area contributed by atoms with Gasteiger partial charge in [0.2, 0.25) is 0 Å². The van der Waals surface area contributed by atoms with E-state index in [9.17, 15) is 8.78 Å². The minimum atomic E-state index is -2.88. The van der Waals surface area contributed by atoms with Crippen LogP contribution in [0.3, 0.4) is 0 Å². The maximum absolute atomic E-state index is 12.3. The van der Waals surface area contributed by atoms with Crippen LogP contribution in [-0.2, 0) is 6.54 Å². The molecular weight excluding hydrogens is 256 g/mol. The number of nitrogens with zero attached hydrogens (tertiary/aromatic N) is 1. The minimum absolute atomic E-state index is 0.0772. The first-order valence-electron chi connectivity index (χ1n) is 5.60. The number of aliphatic imine (C=N–C) groups is 1. The summed E-state index contributed by atoms with van der Waals surface area (Å²) in [6.45, 7) is -2.58. The molecule has 0 heterocycles. The average Bonchev–Trinajstić information content (AvgIpc) is 2.40. The molecule has 0 aliphatic heterocycles. The van der Waals surface area contributed by atoms with Gasteiger partial charge in [0.15, 0.2) is 5.96 Å². The lowest BCUT2D eigenvalue weighted by Gasteiger charge is -2.14. The third-order valence-corrected chi connectivity index (χ3v) is 2.40. The summed E-state index contributed by atoms with van der Waals surface area (Å²) in [6.07, 6.45) is 0. The molecule has 0 fully saturated rings. The van der Waals surface area contributed by atoms with E-state index >= 15 is 0 Å². The van der Waals surface area contributed by atoms with E-state index in [2.05, 4.69) is 20.4 Å². The third-order valence-electron chi connectivity index (χ3n) is 2.40. The number of ether oxygens (including phenoxy) is 2. The van der Waals surface area contributed by atoms with E-state index in [-0.39, 0.29) is 5.75 Å². The van der Waals surface area contributed by atoms with Gasteiger partial charge < -0.3 is 20.1 Å². The molecule has 0 aliphatic carbocycles. The highest BCUT2D eigenvalue weighted by molar-refractivity contribution is 5.79. The first-order chi connectivity index (χ1) is 9.10. The van der Waals surface area contributed by atoms with Gasteiger partial charge in [-0.05, 0) is 12.1 Å². The molecule has 0 saturated carbocycles. The van der Waals surface area contributed by atoms with E-state index in [1.54, 1.807) is 26.2 Å². The number of hydrogen-bond acceptors (Lipinski definition) is 3. The molecule has 5 nitrogen and oxygen atoms in total. The SMILES string of the molecule is CN=C(NC)NCc1ccc(OC)cc1OC(F)F. The maximum Gasteiger partial charge on any atom is 0.387 e. The molecule has 0 aromatic heterocycles. The summed E-state index contributed by atoms with van der Waals surface area (Å²) in [4.78, 5) is 3.93. The zero-order chi connectivity index (χ0) is 14.3. The summed E-state index contributed by atoms with van der Waals surface area (Å²) < 4.78 is 34.1. The van der Waals surface area contributed by atoms with Gasteiger partial charge in [-0.15, -0.1) is 0 Å². The van der Waals surface area contributed by atoms with Crippen LogP contribution in [0.25, 0.3) is 0 Å². The molecule has 0 saturated heterocycles. The highest BCUT2D eigenvalue weighted by Gasteiger charge is 2.11. The van der Waals surface area contributed by atoms with Gasteiger partial charge in [-0.3, -0.25) is 4.99 Å². The zero-order valence-electron chi connectivity index (χ0n) is 11.0. The molecule has 1 aromatic carbocycles. The van der Waals surface area contributed by atoms with E-state index in [0.29, 0.717) is 23.8 Å². The Labute approximate surface area is 110 Å². The van der Waals surface area contributed by atoms with Crippen molar-refractivity contribution in [2.24, 2.45) is 4.99 Å². The first-order valence-corrected chi connectivity index (χ1v) is 5.60. The van der Waals surface area contributed by atoms with Crippen LogP contribution in [0.2, 0.25) is 0 Å². The van der Waals surface area contributed by atoms with Crippen molar-refractivity contribution in [3.63, 3.8) is 0 Å². The number of guanidine groups is 1. The highest BCUT2D eigenvalue weighted by Crippen LogP contribution is 2.26. The monoisotopic (exact) mass is 273 g/mol. The van der Waals surface area contributed by atoms with Gasteiger partial charge in [-0.1, -0.05) is 0 Å². The smallest absolute Gasteiger partial charge is 0.387 e. The number of methoxy groups -OCH3 is 1. The summed E-state index contributed by atoms with van der Waals surface area (Å²) in [6, 6.07) is 4.76. The molecule has 0 unspecified atom stereocenters. The fraction of sp³-hybridized carbons (Fsp3) is 0.417. The summed E-state index contributed by atoms with van der Waals surface area (Å²) >= 11 is 0. The number of nitrogens with one attached hydrogen (secondary N) is 2. The van der Waals surface area contributed by atoms with Crippen molar-refractivity contribution in [2.75, 3.05) is 21.2 Å². The van der Waals surface area contributed by atoms with E-state index in [4.69, 9.17) is 4.74 Å². The molecular formula is C12H17F2N3O2. The van der Waals surface area contributed by atoms with Crippen LogP contribution >= 0.6 is 0 Å². The Kier molecular flexibility index (Phi) is 5.84. The van der Waals surface area contributed by atoms with Crippen LogP contribution in [0.5, 0.6) is 11.5 Å². The number of rotatable bonds is 5. The minimum Gasteiger partial charge on any atom is -0.497 e. The standard InChI is InChI=1S/C12H17F2N3O2/c1-15-12(16-2)17-7-8-4-5-9(18-3)6-10(8)19-11(13)14/h4-6,11H,7H2,1-3H3,(H2,15,16,17). The lowest BCUT2D eigenvalue weighted by atomic mass is 10.2. The third kappa shape index (κ3) is 4.61. The second-order valence-electron chi connectivity index (χ2n) is 3.53. The number of alkyl halides is 2. The molecule has 1 aromatic rings. The topological polar surface area (TPSA) is 54.9 Å². The molecule has 7 heteroatoms. The number of halogens is 2. The van der Waals surface area contributed by atoms with Gasteiger partial charge in [0.25, 0.3) is 0 Å². The largest absolute Gasteiger partial charge is 0.497 e. The Morgan fingerprint density at radius 2 is 2.16 bits per heavy atom. The van der Waals surface area contributed by atoms with Crippen molar-refractivity contribution in [1.29, 1.82) is 0 Å². The van der Waals surface area contributed by atoms with Crippen molar-refractivity contribution in [3.05, 3.63) is 23.8 Å². The summed E-state index contributed by atoms with van der Waals surface area (Å²) in [5.41, 5.74) is 0.581. The summed E-state index contributed by atoms with van der Waals surface area (Å²) in [5.74, 6) is 1.09. The van der Waals surface area contributed by atoms with Gasteiger partial charge in [0.05, 0.1) is 7.11 Å². The van der Waals surface area contributed by atoms with Gasteiger partial charge in [0.1, 0.15) is 11.5 Å². The summed E-state index contributed by atoms with van der Waals surface area (Å²) in [5, 5.41) is 5.79. The van der Waals surface area contributed by atoms with Crippen molar-refractivity contribution in [1.82, 2.24) is 10.6 Å². The molecule has 0 aliphatic rings. The Balaban J connectivity index is 2.86. The molecule has 0 amide bonds. The highest BCUT2D eigenvalue weighted by atomic mass is 19.3. The molecule has 2 N–H and O–H groups in total. The fourth-order valence-electron chi connectivity index (χ4n) is 1.47. The normalized spacial score (nSPS) is 11.4. The van der Waals surface area contributed by atoms with Crippen molar-refractivity contribution < 1.29 is 18.3 Å². The van der Waals surface area contributed by atoms with E-state index in [1.807, 2.05) is 0 Å². The van der Waals surface area contributed by atoms with Crippen LogP contribution in [0.4, 0.5) is 8.78 Å². The molecule has 0 spiro atoms. The van der Waals surface area contributed by atoms with Crippen LogP contribution in [0, 0.1) is 0 Å². The van der Waals surface area contributed by atoms with Gasteiger partial charge in [0, 0.05) is 32.3 Å². The second-order valence-corrected chi connectivity index (χ2v) is 3.53. The van der Waals surface area contributed by atoms with Crippen LogP contribution in [0.15, 0.2) is 23.2 Å². The van der Waals surface area contributed by atoms with Crippen molar-refractivity contribution in [2.45, 2.75) is 13.2 Å². The molecule has 1 rings (SSSR count). The number of hydrogen-bond donors (Lipinski definition) is 2.